The molecule has 0 saturated carbocycles. The van der Waals surface area contributed by atoms with Gasteiger partial charge in [0.1, 0.15) is 5.75 Å². The Hall–Kier alpha value is -2.04. The zero-order valence-corrected chi connectivity index (χ0v) is 12.7. The summed E-state index contributed by atoms with van der Waals surface area (Å²) >= 11 is 0. The summed E-state index contributed by atoms with van der Waals surface area (Å²) in [6.07, 6.45) is 1.79. The van der Waals surface area contributed by atoms with Crippen LogP contribution < -0.4 is 10.1 Å². The van der Waals surface area contributed by atoms with Gasteiger partial charge in [-0.3, -0.25) is 4.79 Å². The third kappa shape index (κ3) is 3.35. The maximum absolute atomic E-state index is 12.0. The molecule has 2 rings (SSSR count). The van der Waals surface area contributed by atoms with Crippen molar-refractivity contribution in [3.05, 3.63) is 29.3 Å². The molecule has 2 unspecified atom stereocenters. The summed E-state index contributed by atoms with van der Waals surface area (Å²) < 4.78 is 5.81. The molecule has 21 heavy (non-hydrogen) atoms. The molecule has 0 aliphatic heterocycles. The van der Waals surface area contributed by atoms with Gasteiger partial charge in [-0.15, -0.1) is 0 Å². The van der Waals surface area contributed by atoms with E-state index >= 15 is 0 Å². The van der Waals surface area contributed by atoms with Gasteiger partial charge in [0.05, 0.1) is 5.71 Å². The molecule has 0 heterocycles. The van der Waals surface area contributed by atoms with Crippen LogP contribution in [0.2, 0.25) is 0 Å². The topological polar surface area (TPSA) is 70.9 Å². The number of nitrogens with zero attached hydrogens (tertiary/aromatic N) is 1. The highest BCUT2D eigenvalue weighted by Crippen LogP contribution is 2.31. The zero-order valence-electron chi connectivity index (χ0n) is 12.7. The van der Waals surface area contributed by atoms with Crippen molar-refractivity contribution in [3.63, 3.8) is 0 Å². The van der Waals surface area contributed by atoms with E-state index in [1.165, 1.54) is 0 Å². The van der Waals surface area contributed by atoms with E-state index in [0.29, 0.717) is 17.9 Å². The molecule has 1 aliphatic carbocycles. The van der Waals surface area contributed by atoms with Crippen molar-refractivity contribution >= 4 is 11.6 Å². The first-order valence-corrected chi connectivity index (χ1v) is 7.37. The minimum Gasteiger partial charge on any atom is -0.481 e. The lowest BCUT2D eigenvalue weighted by Gasteiger charge is -2.19. The van der Waals surface area contributed by atoms with Crippen LogP contribution in [0.5, 0.6) is 5.75 Å². The van der Waals surface area contributed by atoms with Gasteiger partial charge in [0, 0.05) is 17.2 Å². The maximum atomic E-state index is 12.0. The minimum absolute atomic E-state index is 0.115. The third-order valence-electron chi connectivity index (χ3n) is 3.85. The number of carbonyl (C=O) groups excluding carboxylic acids is 1. The van der Waals surface area contributed by atoms with Crippen LogP contribution in [0, 0.1) is 0 Å². The number of hydrogen-bond acceptors (Lipinski definition) is 4. The van der Waals surface area contributed by atoms with Crippen molar-refractivity contribution in [3.8, 4) is 5.75 Å². The predicted octanol–water partition coefficient (Wildman–Crippen LogP) is 2.49. The van der Waals surface area contributed by atoms with Crippen LogP contribution in [-0.2, 0) is 11.2 Å². The molecule has 1 aliphatic rings. The van der Waals surface area contributed by atoms with E-state index in [9.17, 15) is 4.79 Å². The van der Waals surface area contributed by atoms with Crippen molar-refractivity contribution in [2.24, 2.45) is 5.16 Å². The van der Waals surface area contributed by atoms with E-state index in [-0.39, 0.29) is 11.9 Å². The molecule has 1 amide bonds. The monoisotopic (exact) mass is 290 g/mol. The van der Waals surface area contributed by atoms with Crippen molar-refractivity contribution < 1.29 is 14.7 Å². The number of oxime groups is 1. The van der Waals surface area contributed by atoms with Gasteiger partial charge in [0.25, 0.3) is 5.91 Å². The fraction of sp³-hybridized carbons (Fsp3) is 0.500. The van der Waals surface area contributed by atoms with Gasteiger partial charge >= 0.3 is 0 Å². The van der Waals surface area contributed by atoms with Crippen molar-refractivity contribution in [2.45, 2.75) is 52.2 Å². The van der Waals surface area contributed by atoms with E-state index in [1.807, 2.05) is 32.0 Å². The lowest BCUT2D eigenvalue weighted by atomic mass is 10.1. The zero-order chi connectivity index (χ0) is 15.4. The van der Waals surface area contributed by atoms with Crippen molar-refractivity contribution in [1.82, 2.24) is 5.32 Å². The lowest BCUT2D eigenvalue weighted by Crippen LogP contribution is -2.41. The molecule has 5 nitrogen and oxygen atoms in total. The second kappa shape index (κ2) is 6.61. The van der Waals surface area contributed by atoms with Crippen LogP contribution in [0.1, 0.15) is 44.7 Å². The quantitative estimate of drug-likeness (QED) is 0.646. The molecule has 1 aromatic rings. The van der Waals surface area contributed by atoms with E-state index in [0.717, 1.165) is 24.0 Å². The molecule has 1 aromatic carbocycles. The summed E-state index contributed by atoms with van der Waals surface area (Å²) in [7, 11) is 0. The summed E-state index contributed by atoms with van der Waals surface area (Å²) in [5.74, 6) is 0.578. The summed E-state index contributed by atoms with van der Waals surface area (Å²) in [6, 6.07) is 5.75. The number of hydrogen-bond donors (Lipinski definition) is 2. The highest BCUT2D eigenvalue weighted by Gasteiger charge is 2.24. The number of rotatable bonds is 5. The maximum Gasteiger partial charge on any atom is 0.260 e. The second-order valence-corrected chi connectivity index (χ2v) is 5.41. The SMILES string of the molecule is CCC(C)NC(=O)C(C)Oc1cccc2c1CCC2=NO. The third-order valence-corrected chi connectivity index (χ3v) is 3.85. The molecular weight excluding hydrogens is 268 g/mol. The fourth-order valence-electron chi connectivity index (χ4n) is 2.39. The normalized spacial score (nSPS) is 18.1. The first kappa shape index (κ1) is 15.4. The molecule has 0 spiro atoms. The van der Waals surface area contributed by atoms with Crippen molar-refractivity contribution in [1.29, 1.82) is 0 Å². The van der Waals surface area contributed by atoms with E-state index < -0.39 is 6.10 Å². The minimum atomic E-state index is -0.555. The van der Waals surface area contributed by atoms with Crippen LogP contribution in [0.3, 0.4) is 0 Å². The van der Waals surface area contributed by atoms with Crippen LogP contribution in [0.4, 0.5) is 0 Å². The number of benzene rings is 1. The Labute approximate surface area is 125 Å². The van der Waals surface area contributed by atoms with E-state index in [2.05, 4.69) is 10.5 Å². The first-order chi connectivity index (χ1) is 10.1. The fourth-order valence-corrected chi connectivity index (χ4v) is 2.39. The van der Waals surface area contributed by atoms with Gasteiger partial charge in [0.2, 0.25) is 0 Å². The van der Waals surface area contributed by atoms with E-state index in [1.54, 1.807) is 6.92 Å². The lowest BCUT2D eigenvalue weighted by molar-refractivity contribution is -0.127. The van der Waals surface area contributed by atoms with Gasteiger partial charge in [-0.05, 0) is 39.2 Å². The Morgan fingerprint density at radius 3 is 2.86 bits per heavy atom. The summed E-state index contributed by atoms with van der Waals surface area (Å²) in [6.45, 7) is 5.73. The number of amides is 1. The average Bonchev–Trinajstić information content (AvgIpc) is 2.91. The Morgan fingerprint density at radius 2 is 2.19 bits per heavy atom. The predicted molar refractivity (Wildman–Crippen MR) is 81.1 cm³/mol. The molecule has 0 aromatic heterocycles. The number of ether oxygens (including phenoxy) is 1. The summed E-state index contributed by atoms with van der Waals surface area (Å²) in [4.78, 5) is 12.0. The van der Waals surface area contributed by atoms with Gasteiger partial charge in [-0.2, -0.15) is 0 Å². The van der Waals surface area contributed by atoms with Crippen LogP contribution in [-0.4, -0.2) is 29.0 Å². The highest BCUT2D eigenvalue weighted by atomic mass is 16.5. The number of nitrogens with one attached hydrogen (secondary N) is 1. The molecule has 0 saturated heterocycles. The average molecular weight is 290 g/mol. The van der Waals surface area contributed by atoms with Crippen LogP contribution in [0.25, 0.3) is 0 Å². The Kier molecular flexibility index (Phi) is 4.83. The van der Waals surface area contributed by atoms with Gasteiger partial charge in [-0.25, -0.2) is 0 Å². The standard InChI is InChI=1S/C16H22N2O3/c1-4-10(2)17-16(19)11(3)21-15-7-5-6-12-13(15)8-9-14(12)18-20/h5-7,10-11,20H,4,8-9H2,1-3H3,(H,17,19). The van der Waals surface area contributed by atoms with Crippen LogP contribution >= 0.6 is 0 Å². The number of fused-ring (bicyclic) bond motifs is 1. The van der Waals surface area contributed by atoms with E-state index in [4.69, 9.17) is 9.94 Å². The number of carbonyl (C=O) groups is 1. The molecule has 0 radical (unpaired) electrons. The molecule has 114 valence electrons. The molecular formula is C16H22N2O3. The summed E-state index contributed by atoms with van der Waals surface area (Å²) in [5.41, 5.74) is 2.59. The largest absolute Gasteiger partial charge is 0.481 e. The van der Waals surface area contributed by atoms with Gasteiger partial charge in [0.15, 0.2) is 6.10 Å². The molecule has 0 bridgehead atoms. The second-order valence-electron chi connectivity index (χ2n) is 5.41. The Morgan fingerprint density at radius 1 is 1.43 bits per heavy atom. The first-order valence-electron chi connectivity index (χ1n) is 7.37. The summed E-state index contributed by atoms with van der Waals surface area (Å²) in [5, 5.41) is 15.2. The van der Waals surface area contributed by atoms with Crippen molar-refractivity contribution in [2.75, 3.05) is 0 Å². The van der Waals surface area contributed by atoms with Gasteiger partial charge in [-0.1, -0.05) is 24.2 Å². The smallest absolute Gasteiger partial charge is 0.260 e. The molecule has 2 N–H and O–H groups in total. The Bertz CT molecular complexity index is 554. The molecule has 2 atom stereocenters. The molecule has 5 heteroatoms. The highest BCUT2D eigenvalue weighted by molar-refractivity contribution is 6.04. The molecule has 0 fully saturated rings. The van der Waals surface area contributed by atoms with Crippen LogP contribution in [0.15, 0.2) is 23.4 Å². The van der Waals surface area contributed by atoms with Gasteiger partial charge < -0.3 is 15.3 Å². The Balaban J connectivity index is 2.11.